The van der Waals surface area contributed by atoms with E-state index < -0.39 is 6.09 Å². The maximum absolute atomic E-state index is 11.8. The zero-order valence-corrected chi connectivity index (χ0v) is 18.4. The number of amides is 1. The summed E-state index contributed by atoms with van der Waals surface area (Å²) in [6.07, 6.45) is 2.52. The predicted molar refractivity (Wildman–Crippen MR) is 129 cm³/mol. The fraction of sp³-hybridized carbons (Fsp3) is 0.222. The molecule has 4 rings (SSSR count). The zero-order chi connectivity index (χ0) is 22.2. The van der Waals surface area contributed by atoms with E-state index >= 15 is 0 Å². The van der Waals surface area contributed by atoms with Crippen LogP contribution in [0.1, 0.15) is 23.6 Å². The standard InChI is InChI=1S/C27H29N3O2/c1-2-28-27(31)32-24-13-14-26-25(17-24)23(18-29-26)15-16-30(19-21-9-5-3-6-10-21)20-22-11-7-4-8-12-22/h3-14,17-18,29H,2,15-16,19-20H2,1H3,(H,28,31). The van der Waals surface area contributed by atoms with Gasteiger partial charge in [0.05, 0.1) is 0 Å². The average Bonchev–Trinajstić information content (AvgIpc) is 3.21. The van der Waals surface area contributed by atoms with Gasteiger partial charge >= 0.3 is 6.09 Å². The minimum Gasteiger partial charge on any atom is -0.410 e. The SMILES string of the molecule is CCNC(=O)Oc1ccc2[nH]cc(CCN(Cc3ccccc3)Cc3ccccc3)c2c1. The van der Waals surface area contributed by atoms with Gasteiger partial charge in [0.25, 0.3) is 0 Å². The monoisotopic (exact) mass is 427 g/mol. The Kier molecular flexibility index (Phi) is 7.20. The van der Waals surface area contributed by atoms with Crippen LogP contribution in [0.25, 0.3) is 10.9 Å². The van der Waals surface area contributed by atoms with E-state index in [0.717, 1.165) is 37.0 Å². The van der Waals surface area contributed by atoms with E-state index in [1.165, 1.54) is 16.7 Å². The highest BCUT2D eigenvalue weighted by Crippen LogP contribution is 2.25. The minimum atomic E-state index is -0.430. The van der Waals surface area contributed by atoms with Crippen molar-refractivity contribution in [1.29, 1.82) is 0 Å². The zero-order valence-electron chi connectivity index (χ0n) is 18.4. The summed E-state index contributed by atoms with van der Waals surface area (Å²) < 4.78 is 5.40. The first-order chi connectivity index (χ1) is 15.7. The van der Waals surface area contributed by atoms with Gasteiger partial charge in [-0.2, -0.15) is 0 Å². The van der Waals surface area contributed by atoms with Crippen molar-refractivity contribution in [3.63, 3.8) is 0 Å². The first-order valence-electron chi connectivity index (χ1n) is 11.1. The third kappa shape index (κ3) is 5.77. The van der Waals surface area contributed by atoms with Crippen molar-refractivity contribution in [2.24, 2.45) is 0 Å². The fourth-order valence-electron chi connectivity index (χ4n) is 3.89. The second-order valence-electron chi connectivity index (χ2n) is 7.87. The molecular formula is C27H29N3O2. The van der Waals surface area contributed by atoms with E-state index in [1.54, 1.807) is 0 Å². The maximum Gasteiger partial charge on any atom is 0.412 e. The Morgan fingerprint density at radius 3 is 2.22 bits per heavy atom. The summed E-state index contributed by atoms with van der Waals surface area (Å²) in [4.78, 5) is 17.6. The van der Waals surface area contributed by atoms with E-state index in [4.69, 9.17) is 4.74 Å². The molecule has 0 aliphatic rings. The summed E-state index contributed by atoms with van der Waals surface area (Å²) in [5.41, 5.74) is 4.87. The van der Waals surface area contributed by atoms with Crippen LogP contribution in [0.5, 0.6) is 5.75 Å². The average molecular weight is 428 g/mol. The number of carbonyl (C=O) groups excluding carboxylic acids is 1. The van der Waals surface area contributed by atoms with Crippen LogP contribution in [0.4, 0.5) is 4.79 Å². The summed E-state index contributed by atoms with van der Waals surface area (Å²) in [6.45, 7) is 5.10. The van der Waals surface area contributed by atoms with Gasteiger partial charge in [0.2, 0.25) is 0 Å². The Hall–Kier alpha value is -3.57. The molecule has 0 radical (unpaired) electrons. The number of H-pyrrole nitrogens is 1. The molecule has 5 nitrogen and oxygen atoms in total. The van der Waals surface area contributed by atoms with Crippen LogP contribution in [0.15, 0.2) is 85.1 Å². The largest absolute Gasteiger partial charge is 0.412 e. The first kappa shape index (κ1) is 21.7. The summed E-state index contributed by atoms with van der Waals surface area (Å²) in [5.74, 6) is 0.551. The van der Waals surface area contributed by atoms with Crippen LogP contribution >= 0.6 is 0 Å². The maximum atomic E-state index is 11.8. The number of fused-ring (bicyclic) bond motifs is 1. The highest BCUT2D eigenvalue weighted by Gasteiger charge is 2.12. The van der Waals surface area contributed by atoms with Crippen molar-refractivity contribution in [1.82, 2.24) is 15.2 Å². The van der Waals surface area contributed by atoms with Crippen molar-refractivity contribution in [2.45, 2.75) is 26.4 Å². The number of ether oxygens (including phenoxy) is 1. The van der Waals surface area contributed by atoms with Gasteiger partial charge < -0.3 is 15.0 Å². The minimum absolute atomic E-state index is 0.430. The predicted octanol–water partition coefficient (Wildman–Crippen LogP) is 5.52. The van der Waals surface area contributed by atoms with E-state index in [0.29, 0.717) is 12.3 Å². The van der Waals surface area contributed by atoms with Gasteiger partial charge in [0.15, 0.2) is 0 Å². The Morgan fingerprint density at radius 2 is 1.59 bits per heavy atom. The summed E-state index contributed by atoms with van der Waals surface area (Å²) in [7, 11) is 0. The molecule has 32 heavy (non-hydrogen) atoms. The molecule has 0 bridgehead atoms. The highest BCUT2D eigenvalue weighted by atomic mass is 16.6. The molecule has 1 aromatic heterocycles. The van der Waals surface area contributed by atoms with E-state index in [1.807, 2.05) is 25.1 Å². The quantitative estimate of drug-likeness (QED) is 0.370. The number of benzene rings is 3. The Labute approximate surface area is 189 Å². The molecule has 0 saturated heterocycles. The summed E-state index contributed by atoms with van der Waals surface area (Å²) in [5, 5.41) is 3.75. The smallest absolute Gasteiger partial charge is 0.410 e. The number of aromatic nitrogens is 1. The number of aromatic amines is 1. The molecule has 0 spiro atoms. The van der Waals surface area contributed by atoms with Gasteiger partial charge in [-0.3, -0.25) is 4.90 Å². The van der Waals surface area contributed by atoms with Crippen LogP contribution < -0.4 is 10.1 Å². The van der Waals surface area contributed by atoms with Crippen molar-refractivity contribution < 1.29 is 9.53 Å². The molecule has 0 atom stereocenters. The van der Waals surface area contributed by atoms with E-state index in [9.17, 15) is 4.79 Å². The second kappa shape index (κ2) is 10.6. The molecule has 2 N–H and O–H groups in total. The Balaban J connectivity index is 1.49. The van der Waals surface area contributed by atoms with Crippen LogP contribution in [-0.4, -0.2) is 29.1 Å². The molecule has 0 aliphatic heterocycles. The summed E-state index contributed by atoms with van der Waals surface area (Å²) >= 11 is 0. The molecule has 164 valence electrons. The number of nitrogens with one attached hydrogen (secondary N) is 2. The molecule has 1 amide bonds. The van der Waals surface area contributed by atoms with Gasteiger partial charge in [0, 0.05) is 43.3 Å². The van der Waals surface area contributed by atoms with Gasteiger partial charge in [-0.25, -0.2) is 4.79 Å². The number of rotatable bonds is 9. The lowest BCUT2D eigenvalue weighted by atomic mass is 10.1. The molecule has 5 heteroatoms. The molecule has 0 saturated carbocycles. The van der Waals surface area contributed by atoms with Gasteiger partial charge in [0.1, 0.15) is 5.75 Å². The molecule has 0 aliphatic carbocycles. The van der Waals surface area contributed by atoms with Crippen LogP contribution in [0.3, 0.4) is 0 Å². The molecule has 0 unspecified atom stereocenters. The molecular weight excluding hydrogens is 398 g/mol. The van der Waals surface area contributed by atoms with Crippen molar-refractivity contribution in [3.05, 3.63) is 102 Å². The number of carbonyl (C=O) groups is 1. The van der Waals surface area contributed by atoms with Crippen LogP contribution in [0, 0.1) is 0 Å². The van der Waals surface area contributed by atoms with Gasteiger partial charge in [-0.1, -0.05) is 60.7 Å². The first-order valence-corrected chi connectivity index (χ1v) is 11.1. The number of hydrogen-bond acceptors (Lipinski definition) is 3. The van der Waals surface area contributed by atoms with E-state index in [2.05, 4.69) is 82.1 Å². The summed E-state index contributed by atoms with van der Waals surface area (Å²) in [6, 6.07) is 26.9. The lowest BCUT2D eigenvalue weighted by molar-refractivity contribution is 0.201. The number of hydrogen-bond donors (Lipinski definition) is 2. The third-order valence-corrected chi connectivity index (χ3v) is 5.47. The third-order valence-electron chi connectivity index (χ3n) is 5.47. The number of nitrogens with zero attached hydrogens (tertiary/aromatic N) is 1. The normalized spacial score (nSPS) is 11.1. The second-order valence-corrected chi connectivity index (χ2v) is 7.87. The van der Waals surface area contributed by atoms with Crippen LogP contribution in [0.2, 0.25) is 0 Å². The van der Waals surface area contributed by atoms with E-state index in [-0.39, 0.29) is 0 Å². The molecule has 1 heterocycles. The molecule has 0 fully saturated rings. The molecule has 3 aromatic carbocycles. The van der Waals surface area contributed by atoms with Gasteiger partial charge in [-0.15, -0.1) is 0 Å². The van der Waals surface area contributed by atoms with Crippen molar-refractivity contribution >= 4 is 17.0 Å². The van der Waals surface area contributed by atoms with Crippen molar-refractivity contribution in [3.8, 4) is 5.75 Å². The highest BCUT2D eigenvalue weighted by molar-refractivity contribution is 5.85. The topological polar surface area (TPSA) is 57.4 Å². The van der Waals surface area contributed by atoms with Crippen LogP contribution in [-0.2, 0) is 19.5 Å². The van der Waals surface area contributed by atoms with Gasteiger partial charge in [-0.05, 0) is 48.2 Å². The lowest BCUT2D eigenvalue weighted by Gasteiger charge is -2.22. The Bertz CT molecular complexity index is 1100. The Morgan fingerprint density at radius 1 is 0.938 bits per heavy atom. The lowest BCUT2D eigenvalue weighted by Crippen LogP contribution is -2.26. The molecule has 4 aromatic rings. The fourth-order valence-corrected chi connectivity index (χ4v) is 3.89. The van der Waals surface area contributed by atoms with Crippen molar-refractivity contribution in [2.75, 3.05) is 13.1 Å².